The first-order chi connectivity index (χ1) is 4.72. The van der Waals surface area contributed by atoms with Gasteiger partial charge in [0.1, 0.15) is 0 Å². The van der Waals surface area contributed by atoms with Crippen LogP contribution >= 0.6 is 0 Å². The lowest BCUT2D eigenvalue weighted by Crippen LogP contribution is -2.31. The Kier molecular flexibility index (Phi) is 5.06. The molecule has 0 aliphatic rings. The van der Waals surface area contributed by atoms with Crippen LogP contribution in [-0.4, -0.2) is 24.0 Å². The zero-order chi connectivity index (χ0) is 7.98. The predicted molar refractivity (Wildman–Crippen MR) is 45.8 cm³/mol. The molecule has 0 atom stereocenters. The average Bonchev–Trinajstić information content (AvgIpc) is 1.89. The van der Waals surface area contributed by atoms with E-state index in [4.69, 9.17) is 6.42 Å². The maximum absolute atomic E-state index is 5.15. The van der Waals surface area contributed by atoms with Crippen molar-refractivity contribution in [3.8, 4) is 12.3 Å². The molecule has 0 rings (SSSR count). The van der Waals surface area contributed by atoms with Gasteiger partial charge in [0.05, 0.1) is 0 Å². The van der Waals surface area contributed by atoms with E-state index in [0.29, 0.717) is 6.04 Å². The summed E-state index contributed by atoms with van der Waals surface area (Å²) in [5.74, 6) is 2.65. The molecule has 58 valence electrons. The minimum absolute atomic E-state index is 0.623. The van der Waals surface area contributed by atoms with Crippen molar-refractivity contribution in [2.75, 3.05) is 13.1 Å². The second-order valence-corrected chi connectivity index (χ2v) is 2.68. The molecule has 0 aromatic carbocycles. The van der Waals surface area contributed by atoms with Gasteiger partial charge in [-0.2, -0.15) is 0 Å². The van der Waals surface area contributed by atoms with Crippen molar-refractivity contribution in [1.29, 1.82) is 0 Å². The van der Waals surface area contributed by atoms with Crippen LogP contribution in [-0.2, 0) is 0 Å². The molecule has 0 unspecified atom stereocenters. The van der Waals surface area contributed by atoms with E-state index >= 15 is 0 Å². The van der Waals surface area contributed by atoms with Crippen LogP contribution in [0.1, 0.15) is 27.2 Å². The Hall–Kier alpha value is -0.480. The van der Waals surface area contributed by atoms with Crippen LogP contribution in [0.15, 0.2) is 0 Å². The van der Waals surface area contributed by atoms with E-state index in [1.54, 1.807) is 0 Å². The van der Waals surface area contributed by atoms with Gasteiger partial charge in [-0.05, 0) is 20.4 Å². The van der Waals surface area contributed by atoms with E-state index in [2.05, 4.69) is 31.6 Å². The van der Waals surface area contributed by atoms with E-state index in [1.165, 1.54) is 0 Å². The Balaban J connectivity index is 3.52. The maximum atomic E-state index is 5.15. The number of hydrogen-bond acceptors (Lipinski definition) is 1. The zero-order valence-electron chi connectivity index (χ0n) is 7.22. The highest BCUT2D eigenvalue weighted by Crippen LogP contribution is 1.97. The summed E-state index contributed by atoms with van der Waals surface area (Å²) in [4.78, 5) is 2.36. The Bertz CT molecular complexity index is 110. The number of rotatable bonds is 4. The monoisotopic (exact) mass is 139 g/mol. The first-order valence-corrected chi connectivity index (χ1v) is 3.89. The van der Waals surface area contributed by atoms with Crippen LogP contribution in [0.4, 0.5) is 0 Å². The molecule has 1 nitrogen and oxygen atoms in total. The van der Waals surface area contributed by atoms with Gasteiger partial charge in [0, 0.05) is 19.0 Å². The Morgan fingerprint density at radius 1 is 1.50 bits per heavy atom. The van der Waals surface area contributed by atoms with Crippen LogP contribution in [0, 0.1) is 12.3 Å². The predicted octanol–water partition coefficient (Wildman–Crippen LogP) is 1.74. The molecule has 0 bridgehead atoms. The normalized spacial score (nSPS) is 10.4. The summed E-state index contributed by atoms with van der Waals surface area (Å²) in [5.41, 5.74) is 0. The van der Waals surface area contributed by atoms with Crippen molar-refractivity contribution in [3.63, 3.8) is 0 Å². The molecule has 0 aliphatic carbocycles. The van der Waals surface area contributed by atoms with E-state index < -0.39 is 0 Å². The smallest absolute Gasteiger partial charge is 0.0214 e. The van der Waals surface area contributed by atoms with Crippen molar-refractivity contribution in [2.24, 2.45) is 0 Å². The molecule has 0 amide bonds. The molecule has 0 aliphatic heterocycles. The summed E-state index contributed by atoms with van der Waals surface area (Å²) in [6.07, 6.45) is 6.02. The third-order valence-electron chi connectivity index (χ3n) is 1.68. The number of terminal acetylenes is 1. The topological polar surface area (TPSA) is 3.24 Å². The first-order valence-electron chi connectivity index (χ1n) is 3.89. The molecule has 0 fully saturated rings. The van der Waals surface area contributed by atoms with Crippen molar-refractivity contribution in [1.82, 2.24) is 4.90 Å². The summed E-state index contributed by atoms with van der Waals surface area (Å²) in [7, 11) is 0. The lowest BCUT2D eigenvalue weighted by molar-refractivity contribution is 0.239. The average molecular weight is 139 g/mol. The molecule has 0 heterocycles. The van der Waals surface area contributed by atoms with Gasteiger partial charge < -0.3 is 4.90 Å². The van der Waals surface area contributed by atoms with Gasteiger partial charge in [-0.3, -0.25) is 0 Å². The van der Waals surface area contributed by atoms with Gasteiger partial charge in [0.2, 0.25) is 0 Å². The van der Waals surface area contributed by atoms with Crippen molar-refractivity contribution >= 4 is 0 Å². The van der Waals surface area contributed by atoms with Gasteiger partial charge in [0.25, 0.3) is 0 Å². The highest BCUT2D eigenvalue weighted by Gasteiger charge is 2.03. The van der Waals surface area contributed by atoms with E-state index in [9.17, 15) is 0 Å². The van der Waals surface area contributed by atoms with E-state index in [-0.39, 0.29) is 0 Å². The second kappa shape index (κ2) is 5.32. The standard InChI is InChI=1S/C9H17N/c1-5-7-8-10(6-2)9(3)4/h1,9H,6-8H2,2-4H3. The third-order valence-corrected chi connectivity index (χ3v) is 1.68. The fraction of sp³-hybridized carbons (Fsp3) is 0.778. The molecule has 0 aromatic heterocycles. The third kappa shape index (κ3) is 3.53. The zero-order valence-corrected chi connectivity index (χ0v) is 7.22. The summed E-state index contributed by atoms with van der Waals surface area (Å²) >= 11 is 0. The van der Waals surface area contributed by atoms with Crippen molar-refractivity contribution in [3.05, 3.63) is 0 Å². The molecule has 1 heteroatoms. The maximum Gasteiger partial charge on any atom is 0.0214 e. The molecule has 0 N–H and O–H groups in total. The molecular formula is C9H17N. The SMILES string of the molecule is C#CCCN(CC)C(C)C. The Labute approximate surface area is 64.4 Å². The van der Waals surface area contributed by atoms with Crippen LogP contribution in [0.2, 0.25) is 0 Å². The first kappa shape index (κ1) is 9.52. The molecular weight excluding hydrogens is 122 g/mol. The molecule has 0 saturated carbocycles. The van der Waals surface area contributed by atoms with Gasteiger partial charge >= 0.3 is 0 Å². The lowest BCUT2D eigenvalue weighted by Gasteiger charge is -2.23. The van der Waals surface area contributed by atoms with Crippen LogP contribution in [0.25, 0.3) is 0 Å². The van der Waals surface area contributed by atoms with Crippen LogP contribution in [0.3, 0.4) is 0 Å². The number of hydrogen-bond donors (Lipinski definition) is 0. The van der Waals surface area contributed by atoms with E-state index in [0.717, 1.165) is 19.5 Å². The molecule has 0 radical (unpaired) electrons. The summed E-state index contributed by atoms with van der Waals surface area (Å²) in [5, 5.41) is 0. The highest BCUT2D eigenvalue weighted by atomic mass is 15.1. The fourth-order valence-corrected chi connectivity index (χ4v) is 0.990. The molecule has 0 aromatic rings. The Morgan fingerprint density at radius 3 is 2.40 bits per heavy atom. The number of nitrogens with zero attached hydrogens (tertiary/aromatic N) is 1. The Morgan fingerprint density at radius 2 is 2.10 bits per heavy atom. The van der Waals surface area contributed by atoms with Gasteiger partial charge in [-0.25, -0.2) is 0 Å². The van der Waals surface area contributed by atoms with Crippen molar-refractivity contribution in [2.45, 2.75) is 33.2 Å². The molecule has 10 heavy (non-hydrogen) atoms. The quantitative estimate of drug-likeness (QED) is 0.536. The lowest BCUT2D eigenvalue weighted by atomic mass is 10.3. The van der Waals surface area contributed by atoms with E-state index in [1.807, 2.05) is 0 Å². The van der Waals surface area contributed by atoms with Gasteiger partial charge in [-0.15, -0.1) is 12.3 Å². The fourth-order valence-electron chi connectivity index (χ4n) is 0.990. The highest BCUT2D eigenvalue weighted by molar-refractivity contribution is 4.84. The minimum Gasteiger partial charge on any atom is -0.300 e. The van der Waals surface area contributed by atoms with Crippen molar-refractivity contribution < 1.29 is 0 Å². The van der Waals surface area contributed by atoms with Gasteiger partial charge in [0.15, 0.2) is 0 Å². The molecule has 0 spiro atoms. The second-order valence-electron chi connectivity index (χ2n) is 2.68. The summed E-state index contributed by atoms with van der Waals surface area (Å²) in [6, 6.07) is 0.623. The summed E-state index contributed by atoms with van der Waals surface area (Å²) in [6.45, 7) is 8.68. The van der Waals surface area contributed by atoms with Crippen LogP contribution in [0.5, 0.6) is 0 Å². The largest absolute Gasteiger partial charge is 0.300 e. The van der Waals surface area contributed by atoms with Gasteiger partial charge in [-0.1, -0.05) is 6.92 Å². The van der Waals surface area contributed by atoms with Crippen LogP contribution < -0.4 is 0 Å². The minimum atomic E-state index is 0.623. The molecule has 0 saturated heterocycles. The summed E-state index contributed by atoms with van der Waals surface area (Å²) < 4.78 is 0.